The van der Waals surface area contributed by atoms with E-state index in [1.807, 2.05) is 25.1 Å². The molecule has 0 unspecified atom stereocenters. The van der Waals surface area contributed by atoms with Gasteiger partial charge in [0.15, 0.2) is 18.1 Å². The van der Waals surface area contributed by atoms with E-state index in [-0.39, 0.29) is 24.2 Å². The van der Waals surface area contributed by atoms with Crippen LogP contribution in [0.15, 0.2) is 60.7 Å². The number of ether oxygens (including phenoxy) is 2. The zero-order valence-electron chi connectivity index (χ0n) is 19.1. The lowest BCUT2D eigenvalue weighted by atomic mass is 9.98. The molecule has 0 spiro atoms. The lowest BCUT2D eigenvalue weighted by Gasteiger charge is -2.17. The molecule has 2 amide bonds. The van der Waals surface area contributed by atoms with E-state index in [0.717, 1.165) is 16.8 Å². The fourth-order valence-corrected chi connectivity index (χ4v) is 3.33. The number of benzene rings is 3. The molecule has 3 aromatic carbocycles. The fourth-order valence-electron chi connectivity index (χ4n) is 3.33. The Bertz CT molecular complexity index is 1140. The normalized spacial score (nSPS) is 10.6. The molecule has 2 N–H and O–H groups in total. The Kier molecular flexibility index (Phi) is 7.66. The van der Waals surface area contributed by atoms with Crippen LogP contribution < -0.4 is 20.1 Å². The Labute approximate surface area is 192 Å². The first-order valence-electron chi connectivity index (χ1n) is 10.6. The summed E-state index contributed by atoms with van der Waals surface area (Å²) in [4.78, 5) is 25.0. The number of carbonyl (C=O) groups excluding carboxylic acids is 2. The van der Waals surface area contributed by atoms with Crippen LogP contribution >= 0.6 is 0 Å². The van der Waals surface area contributed by atoms with Crippen molar-refractivity contribution in [3.05, 3.63) is 83.2 Å². The van der Waals surface area contributed by atoms with Gasteiger partial charge in [-0.2, -0.15) is 0 Å². The summed E-state index contributed by atoms with van der Waals surface area (Å²) in [5, 5.41) is 5.62. The second kappa shape index (κ2) is 10.6. The average Bonchev–Trinajstić information content (AvgIpc) is 2.80. The maximum absolute atomic E-state index is 13.0. The van der Waals surface area contributed by atoms with Gasteiger partial charge >= 0.3 is 0 Å². The largest absolute Gasteiger partial charge is 0.493 e. The quantitative estimate of drug-likeness (QED) is 0.473. The number of anilines is 2. The molecule has 0 radical (unpaired) electrons. The van der Waals surface area contributed by atoms with Crippen molar-refractivity contribution in [2.24, 2.45) is 0 Å². The van der Waals surface area contributed by atoms with Crippen LogP contribution in [0.25, 0.3) is 0 Å². The molecular weight excluding hydrogens is 423 g/mol. The monoisotopic (exact) mass is 450 g/mol. The summed E-state index contributed by atoms with van der Waals surface area (Å²) >= 11 is 0. The van der Waals surface area contributed by atoms with Crippen molar-refractivity contribution in [2.45, 2.75) is 26.7 Å². The van der Waals surface area contributed by atoms with Crippen LogP contribution in [0, 0.1) is 12.7 Å². The van der Waals surface area contributed by atoms with E-state index >= 15 is 0 Å². The van der Waals surface area contributed by atoms with Gasteiger partial charge in [-0.05, 0) is 66.4 Å². The number of methoxy groups -OCH3 is 1. The molecule has 7 heteroatoms. The summed E-state index contributed by atoms with van der Waals surface area (Å²) in [6, 6.07) is 16.1. The number of rotatable bonds is 8. The Hall–Kier alpha value is -3.87. The van der Waals surface area contributed by atoms with Gasteiger partial charge in [-0.15, -0.1) is 0 Å². The van der Waals surface area contributed by atoms with Crippen LogP contribution in [-0.4, -0.2) is 25.5 Å². The number of aryl methyl sites for hydroxylation is 1. The number of halogens is 1. The van der Waals surface area contributed by atoms with Crippen LogP contribution in [-0.2, 0) is 4.79 Å². The lowest BCUT2D eigenvalue weighted by Crippen LogP contribution is -2.20. The maximum atomic E-state index is 13.0. The smallest absolute Gasteiger partial charge is 0.262 e. The van der Waals surface area contributed by atoms with Gasteiger partial charge in [-0.1, -0.05) is 32.0 Å². The first-order valence-corrected chi connectivity index (χ1v) is 10.6. The summed E-state index contributed by atoms with van der Waals surface area (Å²) in [5.74, 6) is -0.169. The van der Waals surface area contributed by atoms with E-state index in [1.54, 1.807) is 18.2 Å². The molecule has 0 bridgehead atoms. The van der Waals surface area contributed by atoms with Gasteiger partial charge in [0, 0.05) is 16.9 Å². The molecule has 0 saturated heterocycles. The topological polar surface area (TPSA) is 76.7 Å². The van der Waals surface area contributed by atoms with Crippen molar-refractivity contribution in [1.29, 1.82) is 0 Å². The van der Waals surface area contributed by atoms with E-state index < -0.39 is 5.91 Å². The molecule has 0 saturated carbocycles. The van der Waals surface area contributed by atoms with E-state index in [1.165, 1.54) is 31.4 Å². The molecule has 6 nitrogen and oxygen atoms in total. The van der Waals surface area contributed by atoms with E-state index in [2.05, 4.69) is 24.5 Å². The Morgan fingerprint density at radius 1 is 0.970 bits per heavy atom. The van der Waals surface area contributed by atoms with E-state index in [0.29, 0.717) is 22.7 Å². The zero-order valence-corrected chi connectivity index (χ0v) is 19.1. The maximum Gasteiger partial charge on any atom is 0.262 e. The lowest BCUT2D eigenvalue weighted by molar-refractivity contribution is -0.118. The standard InChI is InChI=1S/C26H27FN2O4/c1-16(2)21-7-5-6-17(3)25(21)29-26(31)18-8-13-22(23(14-18)32-4)33-15-24(30)28-20-11-9-19(27)10-12-20/h5-14,16H,15H2,1-4H3,(H,28,30)(H,29,31). The van der Waals surface area contributed by atoms with E-state index in [4.69, 9.17) is 9.47 Å². The number of nitrogens with one attached hydrogen (secondary N) is 2. The molecule has 0 aliphatic heterocycles. The summed E-state index contributed by atoms with van der Waals surface area (Å²) in [6.45, 7) is 5.83. The number of para-hydroxylation sites is 1. The van der Waals surface area contributed by atoms with Crippen molar-refractivity contribution in [1.82, 2.24) is 0 Å². The average molecular weight is 451 g/mol. The van der Waals surface area contributed by atoms with Gasteiger partial charge in [-0.3, -0.25) is 9.59 Å². The third-order valence-corrected chi connectivity index (χ3v) is 5.08. The minimum Gasteiger partial charge on any atom is -0.493 e. The van der Waals surface area contributed by atoms with Gasteiger partial charge in [-0.25, -0.2) is 4.39 Å². The van der Waals surface area contributed by atoms with Gasteiger partial charge in [0.2, 0.25) is 0 Å². The highest BCUT2D eigenvalue weighted by atomic mass is 19.1. The Balaban J connectivity index is 1.69. The van der Waals surface area contributed by atoms with E-state index in [9.17, 15) is 14.0 Å². The highest BCUT2D eigenvalue weighted by molar-refractivity contribution is 6.05. The number of hydrogen-bond donors (Lipinski definition) is 2. The van der Waals surface area contributed by atoms with Crippen LogP contribution in [0.2, 0.25) is 0 Å². The summed E-state index contributed by atoms with van der Waals surface area (Å²) in [5.41, 5.74) is 3.69. The minimum absolute atomic E-state index is 0.256. The van der Waals surface area contributed by atoms with Gasteiger partial charge in [0.25, 0.3) is 11.8 Å². The molecule has 0 atom stereocenters. The number of hydrogen-bond acceptors (Lipinski definition) is 4. The van der Waals surface area contributed by atoms with Crippen LogP contribution in [0.4, 0.5) is 15.8 Å². The van der Waals surface area contributed by atoms with Gasteiger partial charge in [0.05, 0.1) is 7.11 Å². The molecule has 0 heterocycles. The summed E-state index contributed by atoms with van der Waals surface area (Å²) in [7, 11) is 1.46. The van der Waals surface area contributed by atoms with Crippen LogP contribution in [0.3, 0.4) is 0 Å². The molecule has 0 fully saturated rings. The van der Waals surface area contributed by atoms with Gasteiger partial charge < -0.3 is 20.1 Å². The third kappa shape index (κ3) is 6.10. The zero-order chi connectivity index (χ0) is 24.0. The minimum atomic E-state index is -0.411. The van der Waals surface area contributed by atoms with Crippen LogP contribution in [0.1, 0.15) is 41.3 Å². The highest BCUT2D eigenvalue weighted by Gasteiger charge is 2.16. The molecule has 0 aromatic heterocycles. The molecule has 3 rings (SSSR count). The Morgan fingerprint density at radius 2 is 1.70 bits per heavy atom. The molecule has 172 valence electrons. The molecule has 0 aliphatic carbocycles. The first-order chi connectivity index (χ1) is 15.8. The Morgan fingerprint density at radius 3 is 2.36 bits per heavy atom. The molecular formula is C26H27FN2O4. The SMILES string of the molecule is COc1cc(C(=O)Nc2c(C)cccc2C(C)C)ccc1OCC(=O)Nc1ccc(F)cc1. The second-order valence-electron chi connectivity index (χ2n) is 7.86. The van der Waals surface area contributed by atoms with Crippen molar-refractivity contribution in [3.8, 4) is 11.5 Å². The molecule has 3 aromatic rings. The number of amides is 2. The predicted octanol–water partition coefficient (Wildman–Crippen LogP) is 5.54. The van der Waals surface area contributed by atoms with Gasteiger partial charge in [0.1, 0.15) is 5.82 Å². The summed E-state index contributed by atoms with van der Waals surface area (Å²) < 4.78 is 23.9. The van der Waals surface area contributed by atoms with Crippen molar-refractivity contribution in [3.63, 3.8) is 0 Å². The number of carbonyl (C=O) groups is 2. The van der Waals surface area contributed by atoms with Crippen LogP contribution in [0.5, 0.6) is 11.5 Å². The molecule has 0 aliphatic rings. The van der Waals surface area contributed by atoms with Crippen molar-refractivity contribution < 1.29 is 23.5 Å². The van der Waals surface area contributed by atoms with Crippen molar-refractivity contribution >= 4 is 23.2 Å². The third-order valence-electron chi connectivity index (χ3n) is 5.08. The van der Waals surface area contributed by atoms with Crippen molar-refractivity contribution in [2.75, 3.05) is 24.4 Å². The highest BCUT2D eigenvalue weighted by Crippen LogP contribution is 2.30. The predicted molar refractivity (Wildman–Crippen MR) is 127 cm³/mol. The fraction of sp³-hybridized carbons (Fsp3) is 0.231. The summed E-state index contributed by atoms with van der Waals surface area (Å²) in [6.07, 6.45) is 0. The second-order valence-corrected chi connectivity index (χ2v) is 7.86. The molecule has 33 heavy (non-hydrogen) atoms. The first kappa shape index (κ1) is 23.8.